The molecule has 2 aromatic rings. The molecule has 1 atom stereocenters. The van der Waals surface area contributed by atoms with Crippen LogP contribution in [0.1, 0.15) is 58.5 Å². The number of hydrogen-bond acceptors (Lipinski definition) is 5. The lowest BCUT2D eigenvalue weighted by Crippen LogP contribution is -2.60. The van der Waals surface area contributed by atoms with Crippen LogP contribution in [-0.2, 0) is 15.8 Å². The molecule has 2 saturated heterocycles. The van der Waals surface area contributed by atoms with Crippen molar-refractivity contribution in [3.8, 4) is 0 Å². The van der Waals surface area contributed by atoms with Gasteiger partial charge in [0.1, 0.15) is 17.4 Å². The van der Waals surface area contributed by atoms with Gasteiger partial charge >= 0.3 is 12.1 Å². The molecule has 2 fully saturated rings. The standard InChI is InChI=1S/C29H32F4N4O5/c1-16(2)23(34-24(38)21-14-18(29(31,32)33)5-8-22(21)30)25(39)36-11-9-28(10-12-36)27(42)35(4)15-37(28)19-6-7-20(26(40)41)17(3)13-19/h5-8,13-14,16,23H,9-12,15H2,1-4H3,(H,34,38)(H,40,41)/t23-/m1/s1. The molecular weight excluding hydrogens is 560 g/mol. The van der Waals surface area contributed by atoms with Crippen LogP contribution in [0.25, 0.3) is 0 Å². The summed E-state index contributed by atoms with van der Waals surface area (Å²) < 4.78 is 53.7. The Kier molecular flexibility index (Phi) is 8.25. The van der Waals surface area contributed by atoms with Gasteiger partial charge < -0.3 is 25.1 Å². The van der Waals surface area contributed by atoms with Crippen LogP contribution in [0.3, 0.4) is 0 Å². The van der Waals surface area contributed by atoms with Crippen molar-refractivity contribution >= 4 is 29.4 Å². The van der Waals surface area contributed by atoms with Gasteiger partial charge in [0.25, 0.3) is 5.91 Å². The number of nitrogens with zero attached hydrogens (tertiary/aromatic N) is 3. The number of carboxylic acids is 1. The number of halogens is 4. The molecule has 0 bridgehead atoms. The Bertz CT molecular complexity index is 1420. The summed E-state index contributed by atoms with van der Waals surface area (Å²) in [4.78, 5) is 56.2. The third-order valence-electron chi connectivity index (χ3n) is 8.03. The molecule has 2 aliphatic rings. The number of benzene rings is 2. The van der Waals surface area contributed by atoms with Crippen LogP contribution >= 0.6 is 0 Å². The summed E-state index contributed by atoms with van der Waals surface area (Å²) in [5, 5.41) is 11.8. The number of carbonyl (C=O) groups excluding carboxylic acids is 3. The highest BCUT2D eigenvalue weighted by molar-refractivity contribution is 5.98. The second-order valence-corrected chi connectivity index (χ2v) is 11.1. The van der Waals surface area contributed by atoms with Crippen LogP contribution in [-0.4, -0.2) is 77.0 Å². The molecule has 2 N–H and O–H groups in total. The summed E-state index contributed by atoms with van der Waals surface area (Å²) in [6.45, 7) is 5.55. The zero-order chi connectivity index (χ0) is 31.1. The molecule has 4 rings (SSSR count). The zero-order valence-electron chi connectivity index (χ0n) is 23.6. The van der Waals surface area contributed by atoms with Gasteiger partial charge in [-0.15, -0.1) is 0 Å². The molecule has 0 radical (unpaired) electrons. The first-order chi connectivity index (χ1) is 19.6. The fraction of sp³-hybridized carbons (Fsp3) is 0.448. The van der Waals surface area contributed by atoms with Gasteiger partial charge in [-0.05, 0) is 67.6 Å². The average Bonchev–Trinajstić information content (AvgIpc) is 3.15. The van der Waals surface area contributed by atoms with Crippen LogP contribution in [0, 0.1) is 18.7 Å². The molecule has 42 heavy (non-hydrogen) atoms. The highest BCUT2D eigenvalue weighted by Crippen LogP contribution is 2.40. The number of carboxylic acid groups (broad SMARTS) is 1. The summed E-state index contributed by atoms with van der Waals surface area (Å²) in [7, 11) is 1.66. The number of piperidine rings is 1. The number of aryl methyl sites for hydroxylation is 1. The summed E-state index contributed by atoms with van der Waals surface area (Å²) >= 11 is 0. The minimum Gasteiger partial charge on any atom is -0.478 e. The van der Waals surface area contributed by atoms with Gasteiger partial charge in [-0.3, -0.25) is 14.4 Å². The SMILES string of the molecule is Cc1cc(N2CN(C)C(=O)C23CCN(C(=O)[C@H](NC(=O)c2cc(C(F)(F)F)ccc2F)C(C)C)CC3)ccc1C(=O)O. The minimum absolute atomic E-state index is 0.136. The predicted molar refractivity (Wildman–Crippen MR) is 144 cm³/mol. The van der Waals surface area contributed by atoms with Crippen molar-refractivity contribution in [2.45, 2.75) is 51.4 Å². The lowest BCUT2D eigenvalue weighted by atomic mass is 9.84. The summed E-state index contributed by atoms with van der Waals surface area (Å²) in [6, 6.07) is 5.22. The molecule has 0 aliphatic carbocycles. The fourth-order valence-electron chi connectivity index (χ4n) is 5.65. The number of likely N-dealkylation sites (tertiary alicyclic amines) is 1. The number of rotatable bonds is 6. The van der Waals surface area contributed by atoms with E-state index < -0.39 is 58.4 Å². The van der Waals surface area contributed by atoms with Crippen molar-refractivity contribution in [2.24, 2.45) is 5.92 Å². The first-order valence-electron chi connectivity index (χ1n) is 13.4. The molecule has 13 heteroatoms. The normalized spacial score (nSPS) is 17.6. The first kappa shape index (κ1) is 30.8. The first-order valence-corrected chi connectivity index (χ1v) is 13.4. The topological polar surface area (TPSA) is 110 Å². The van der Waals surface area contributed by atoms with Crippen molar-refractivity contribution < 1.29 is 41.8 Å². The Morgan fingerprint density at radius 3 is 2.21 bits per heavy atom. The minimum atomic E-state index is -4.78. The van der Waals surface area contributed by atoms with Gasteiger partial charge in [-0.2, -0.15) is 13.2 Å². The number of alkyl halides is 3. The Morgan fingerprint density at radius 1 is 1.02 bits per heavy atom. The second kappa shape index (κ2) is 11.3. The number of nitrogens with one attached hydrogen (secondary N) is 1. The third-order valence-corrected chi connectivity index (χ3v) is 8.03. The quantitative estimate of drug-likeness (QED) is 0.493. The lowest BCUT2D eigenvalue weighted by Gasteiger charge is -2.44. The Morgan fingerprint density at radius 2 is 1.67 bits per heavy atom. The van der Waals surface area contributed by atoms with Crippen LogP contribution < -0.4 is 10.2 Å². The Labute approximate surface area is 240 Å². The average molecular weight is 593 g/mol. The number of anilines is 1. The maximum atomic E-state index is 14.3. The van der Waals surface area contributed by atoms with Crippen molar-refractivity contribution in [3.63, 3.8) is 0 Å². The summed E-state index contributed by atoms with van der Waals surface area (Å²) in [6.07, 6.45) is -4.28. The number of carbonyl (C=O) groups is 4. The van der Waals surface area contributed by atoms with E-state index in [0.29, 0.717) is 29.4 Å². The molecule has 226 valence electrons. The fourth-order valence-corrected chi connectivity index (χ4v) is 5.65. The molecule has 3 amide bonds. The molecular formula is C29H32F4N4O5. The highest BCUT2D eigenvalue weighted by Gasteiger charge is 2.53. The van der Waals surface area contributed by atoms with Gasteiger partial charge in [0.15, 0.2) is 0 Å². The number of amides is 3. The summed E-state index contributed by atoms with van der Waals surface area (Å²) in [5.41, 5.74) is -1.62. The van der Waals surface area contributed by atoms with Crippen LogP contribution in [0.5, 0.6) is 0 Å². The van der Waals surface area contributed by atoms with Gasteiger partial charge in [-0.1, -0.05) is 13.8 Å². The molecule has 1 spiro atoms. The molecule has 2 aliphatic heterocycles. The molecule has 0 saturated carbocycles. The Hall–Kier alpha value is -4.16. The molecule has 2 aromatic carbocycles. The van der Waals surface area contributed by atoms with Crippen LogP contribution in [0.15, 0.2) is 36.4 Å². The van der Waals surface area contributed by atoms with E-state index in [1.807, 2.05) is 4.90 Å². The van der Waals surface area contributed by atoms with Crippen molar-refractivity contribution in [1.29, 1.82) is 0 Å². The van der Waals surface area contributed by atoms with E-state index in [2.05, 4.69) is 5.32 Å². The molecule has 0 aromatic heterocycles. The van der Waals surface area contributed by atoms with E-state index in [1.165, 1.54) is 11.0 Å². The summed E-state index contributed by atoms with van der Waals surface area (Å²) in [5.74, 6) is -4.45. The van der Waals surface area contributed by atoms with Crippen molar-refractivity contribution in [1.82, 2.24) is 15.1 Å². The third kappa shape index (κ3) is 5.64. The number of aromatic carboxylic acids is 1. The van der Waals surface area contributed by atoms with Crippen molar-refractivity contribution in [2.75, 3.05) is 31.7 Å². The van der Waals surface area contributed by atoms with E-state index >= 15 is 0 Å². The molecule has 0 unspecified atom stereocenters. The van der Waals surface area contributed by atoms with Gasteiger partial charge in [0, 0.05) is 25.8 Å². The predicted octanol–water partition coefficient (Wildman–Crippen LogP) is 3.90. The van der Waals surface area contributed by atoms with E-state index in [0.717, 1.165) is 0 Å². The largest absolute Gasteiger partial charge is 0.478 e. The van der Waals surface area contributed by atoms with Crippen LogP contribution in [0.4, 0.5) is 23.2 Å². The second-order valence-electron chi connectivity index (χ2n) is 11.1. The van der Waals surface area contributed by atoms with E-state index in [1.54, 1.807) is 44.9 Å². The number of hydrogen-bond donors (Lipinski definition) is 2. The maximum Gasteiger partial charge on any atom is 0.416 e. The van der Waals surface area contributed by atoms with E-state index in [9.17, 15) is 41.8 Å². The lowest BCUT2D eigenvalue weighted by molar-refractivity contribution is -0.139. The smallest absolute Gasteiger partial charge is 0.416 e. The highest BCUT2D eigenvalue weighted by atomic mass is 19.4. The Balaban J connectivity index is 1.52. The zero-order valence-corrected chi connectivity index (χ0v) is 23.6. The van der Waals surface area contributed by atoms with Gasteiger partial charge in [0.2, 0.25) is 11.8 Å². The van der Waals surface area contributed by atoms with Gasteiger partial charge in [0.05, 0.1) is 23.4 Å². The van der Waals surface area contributed by atoms with Gasteiger partial charge in [-0.25, -0.2) is 9.18 Å². The monoisotopic (exact) mass is 592 g/mol. The molecule has 2 heterocycles. The molecule has 9 nitrogen and oxygen atoms in total. The maximum absolute atomic E-state index is 14.3. The van der Waals surface area contributed by atoms with E-state index in [-0.39, 0.29) is 44.1 Å². The van der Waals surface area contributed by atoms with Crippen LogP contribution in [0.2, 0.25) is 0 Å². The van der Waals surface area contributed by atoms with E-state index in [4.69, 9.17) is 0 Å². The van der Waals surface area contributed by atoms with Crippen molar-refractivity contribution in [3.05, 3.63) is 64.5 Å². The number of likely N-dealkylation sites (N-methyl/N-ethyl adjacent to an activating group) is 1.